The van der Waals surface area contributed by atoms with Crippen LogP contribution in [-0.4, -0.2) is 28.6 Å². The zero-order valence-electron chi connectivity index (χ0n) is 10.5. The Morgan fingerprint density at radius 1 is 1.44 bits per heavy atom. The molecule has 0 aromatic carbocycles. The van der Waals surface area contributed by atoms with Crippen molar-refractivity contribution in [3.63, 3.8) is 0 Å². The lowest BCUT2D eigenvalue weighted by Gasteiger charge is -2.02. The first kappa shape index (κ1) is 14.0. The van der Waals surface area contributed by atoms with Crippen molar-refractivity contribution in [1.29, 1.82) is 0 Å². The predicted octanol–water partition coefficient (Wildman–Crippen LogP) is -0.0603. The van der Waals surface area contributed by atoms with Crippen molar-refractivity contribution in [2.75, 3.05) is 12.3 Å². The van der Waals surface area contributed by atoms with Crippen molar-refractivity contribution in [2.45, 2.75) is 32.6 Å². The van der Waals surface area contributed by atoms with Crippen LogP contribution < -0.4 is 16.8 Å². The second-order valence-electron chi connectivity index (χ2n) is 4.04. The number of nitrogens with two attached hydrogens (primary N) is 2. The van der Waals surface area contributed by atoms with Crippen molar-refractivity contribution in [1.82, 2.24) is 15.5 Å². The Morgan fingerprint density at radius 3 is 2.78 bits per heavy atom. The highest BCUT2D eigenvalue weighted by atomic mass is 16.2. The standard InChI is InChI=1S/C11H19N5O2/c1-2-4-7-9(13)10(16-15-7)11(18)14-6-3-5-8(12)17/h2-6,13H2,1H3,(H2,12,17)(H,14,18)(H,15,16). The number of nitrogens with one attached hydrogen (secondary N) is 2. The number of carbonyl (C=O) groups is 2. The molecule has 0 aliphatic carbocycles. The molecule has 1 aromatic rings. The quantitative estimate of drug-likeness (QED) is 0.507. The Bertz CT molecular complexity index is 427. The van der Waals surface area contributed by atoms with Crippen LogP contribution in [0.3, 0.4) is 0 Å². The summed E-state index contributed by atoms with van der Waals surface area (Å²) in [7, 11) is 0. The summed E-state index contributed by atoms with van der Waals surface area (Å²) in [4.78, 5) is 22.3. The van der Waals surface area contributed by atoms with Crippen LogP contribution in [-0.2, 0) is 11.2 Å². The lowest BCUT2D eigenvalue weighted by atomic mass is 10.2. The third-order valence-electron chi connectivity index (χ3n) is 2.48. The molecule has 0 aliphatic rings. The number of hydrogen-bond donors (Lipinski definition) is 4. The van der Waals surface area contributed by atoms with E-state index in [9.17, 15) is 9.59 Å². The molecule has 7 nitrogen and oxygen atoms in total. The van der Waals surface area contributed by atoms with Gasteiger partial charge in [0.25, 0.3) is 5.91 Å². The number of primary amides is 1. The number of aromatic amines is 1. The molecular formula is C11H19N5O2. The molecule has 7 heteroatoms. The van der Waals surface area contributed by atoms with E-state index in [4.69, 9.17) is 11.5 Å². The topological polar surface area (TPSA) is 127 Å². The van der Waals surface area contributed by atoms with Crippen LogP contribution in [0.4, 0.5) is 5.69 Å². The summed E-state index contributed by atoms with van der Waals surface area (Å²) in [5.41, 5.74) is 12.2. The smallest absolute Gasteiger partial charge is 0.273 e. The largest absolute Gasteiger partial charge is 0.395 e. The van der Waals surface area contributed by atoms with Gasteiger partial charge in [-0.25, -0.2) is 0 Å². The van der Waals surface area contributed by atoms with Gasteiger partial charge in [0, 0.05) is 13.0 Å². The molecule has 1 rings (SSSR count). The highest BCUT2D eigenvalue weighted by Gasteiger charge is 2.16. The maximum atomic E-state index is 11.7. The van der Waals surface area contributed by atoms with E-state index in [2.05, 4.69) is 15.5 Å². The Morgan fingerprint density at radius 2 is 2.17 bits per heavy atom. The monoisotopic (exact) mass is 253 g/mol. The van der Waals surface area contributed by atoms with Crippen molar-refractivity contribution < 1.29 is 9.59 Å². The number of hydrogen-bond acceptors (Lipinski definition) is 4. The zero-order valence-corrected chi connectivity index (χ0v) is 10.5. The molecule has 0 bridgehead atoms. The second-order valence-corrected chi connectivity index (χ2v) is 4.04. The normalized spacial score (nSPS) is 10.3. The molecule has 0 aliphatic heterocycles. The molecule has 0 saturated carbocycles. The maximum absolute atomic E-state index is 11.7. The molecule has 18 heavy (non-hydrogen) atoms. The average Bonchev–Trinajstić information content (AvgIpc) is 2.67. The fourth-order valence-electron chi connectivity index (χ4n) is 1.55. The van der Waals surface area contributed by atoms with E-state index in [0.717, 1.165) is 18.5 Å². The highest BCUT2D eigenvalue weighted by molar-refractivity contribution is 5.97. The molecule has 2 amide bonds. The molecule has 0 radical (unpaired) electrons. The number of amides is 2. The third-order valence-corrected chi connectivity index (χ3v) is 2.48. The molecule has 0 spiro atoms. The third kappa shape index (κ3) is 3.76. The SMILES string of the molecule is CCCc1[nH]nc(C(=O)NCCCC(N)=O)c1N. The lowest BCUT2D eigenvalue weighted by Crippen LogP contribution is -2.26. The van der Waals surface area contributed by atoms with Crippen molar-refractivity contribution >= 4 is 17.5 Å². The average molecular weight is 253 g/mol. The van der Waals surface area contributed by atoms with E-state index in [0.29, 0.717) is 18.7 Å². The molecule has 1 heterocycles. The number of nitrogen functional groups attached to an aromatic ring is 1. The van der Waals surface area contributed by atoms with Crippen LogP contribution in [0.5, 0.6) is 0 Å². The van der Waals surface area contributed by atoms with E-state index >= 15 is 0 Å². The highest BCUT2D eigenvalue weighted by Crippen LogP contribution is 2.15. The first-order valence-electron chi connectivity index (χ1n) is 5.95. The number of H-pyrrole nitrogens is 1. The Balaban J connectivity index is 2.49. The van der Waals surface area contributed by atoms with Crippen LogP contribution in [0, 0.1) is 0 Å². The van der Waals surface area contributed by atoms with Crippen LogP contribution >= 0.6 is 0 Å². The van der Waals surface area contributed by atoms with E-state index in [-0.39, 0.29) is 23.9 Å². The van der Waals surface area contributed by atoms with Crippen LogP contribution in [0.1, 0.15) is 42.4 Å². The van der Waals surface area contributed by atoms with E-state index in [1.54, 1.807) is 0 Å². The number of rotatable bonds is 7. The van der Waals surface area contributed by atoms with Gasteiger partial charge < -0.3 is 16.8 Å². The summed E-state index contributed by atoms with van der Waals surface area (Å²) < 4.78 is 0. The minimum absolute atomic E-state index is 0.206. The van der Waals surface area contributed by atoms with E-state index in [1.165, 1.54) is 0 Å². The van der Waals surface area contributed by atoms with E-state index < -0.39 is 0 Å². The summed E-state index contributed by atoms with van der Waals surface area (Å²) in [6, 6.07) is 0. The van der Waals surface area contributed by atoms with Crippen LogP contribution in [0.2, 0.25) is 0 Å². The van der Waals surface area contributed by atoms with Crippen LogP contribution in [0.25, 0.3) is 0 Å². The maximum Gasteiger partial charge on any atom is 0.273 e. The number of nitrogens with zero attached hydrogens (tertiary/aromatic N) is 1. The molecule has 0 fully saturated rings. The number of aryl methyl sites for hydroxylation is 1. The van der Waals surface area contributed by atoms with E-state index in [1.807, 2.05) is 6.92 Å². The fourth-order valence-corrected chi connectivity index (χ4v) is 1.55. The van der Waals surface area contributed by atoms with Gasteiger partial charge in [0.2, 0.25) is 5.91 Å². The number of carbonyl (C=O) groups excluding carboxylic acids is 2. The Kier molecular flexibility index (Phi) is 5.16. The first-order chi connectivity index (χ1) is 8.56. The summed E-state index contributed by atoms with van der Waals surface area (Å²) in [5.74, 6) is -0.718. The lowest BCUT2D eigenvalue weighted by molar-refractivity contribution is -0.118. The van der Waals surface area contributed by atoms with Gasteiger partial charge in [0.15, 0.2) is 5.69 Å². The fraction of sp³-hybridized carbons (Fsp3) is 0.545. The Labute approximate surface area is 105 Å². The predicted molar refractivity (Wildman–Crippen MR) is 67.8 cm³/mol. The van der Waals surface area contributed by atoms with Gasteiger partial charge >= 0.3 is 0 Å². The van der Waals surface area contributed by atoms with Gasteiger partial charge in [-0.05, 0) is 12.8 Å². The molecule has 6 N–H and O–H groups in total. The summed E-state index contributed by atoms with van der Waals surface area (Å²) in [6.45, 7) is 2.39. The van der Waals surface area contributed by atoms with Gasteiger partial charge in [-0.1, -0.05) is 13.3 Å². The minimum Gasteiger partial charge on any atom is -0.395 e. The van der Waals surface area contributed by atoms with Crippen LogP contribution in [0.15, 0.2) is 0 Å². The summed E-state index contributed by atoms with van der Waals surface area (Å²) in [5, 5.41) is 9.29. The van der Waals surface area contributed by atoms with Gasteiger partial charge in [-0.15, -0.1) is 0 Å². The summed E-state index contributed by atoms with van der Waals surface area (Å²) in [6.07, 6.45) is 2.44. The Hall–Kier alpha value is -2.05. The zero-order chi connectivity index (χ0) is 13.5. The summed E-state index contributed by atoms with van der Waals surface area (Å²) >= 11 is 0. The minimum atomic E-state index is -0.381. The van der Waals surface area contributed by atoms with Crippen molar-refractivity contribution in [3.8, 4) is 0 Å². The molecule has 0 saturated heterocycles. The molecule has 0 unspecified atom stereocenters. The molecule has 100 valence electrons. The van der Waals surface area contributed by atoms with Gasteiger partial charge in [0.1, 0.15) is 0 Å². The molecule has 1 aromatic heterocycles. The van der Waals surface area contributed by atoms with Gasteiger partial charge in [0.05, 0.1) is 11.4 Å². The van der Waals surface area contributed by atoms with Gasteiger partial charge in [-0.3, -0.25) is 14.7 Å². The number of anilines is 1. The van der Waals surface area contributed by atoms with Crippen molar-refractivity contribution in [2.24, 2.45) is 5.73 Å². The van der Waals surface area contributed by atoms with Crippen molar-refractivity contribution in [3.05, 3.63) is 11.4 Å². The second kappa shape index (κ2) is 6.63. The van der Waals surface area contributed by atoms with Gasteiger partial charge in [-0.2, -0.15) is 5.10 Å². The number of aromatic nitrogens is 2. The first-order valence-corrected chi connectivity index (χ1v) is 5.95. The molecular weight excluding hydrogens is 234 g/mol. The molecule has 0 atom stereocenters.